The van der Waals surface area contributed by atoms with Crippen molar-refractivity contribution in [1.29, 1.82) is 0 Å². The van der Waals surface area contributed by atoms with Crippen LogP contribution in [0.4, 0.5) is 0 Å². The van der Waals surface area contributed by atoms with Gasteiger partial charge in [-0.15, -0.1) is 5.10 Å². The maximum absolute atomic E-state index is 12.7. The van der Waals surface area contributed by atoms with Gasteiger partial charge < -0.3 is 11.1 Å². The molecule has 1 amide bonds. The van der Waals surface area contributed by atoms with Crippen LogP contribution in [-0.2, 0) is 6.54 Å². The van der Waals surface area contributed by atoms with Crippen LogP contribution in [0.3, 0.4) is 0 Å². The Morgan fingerprint density at radius 3 is 2.77 bits per heavy atom. The molecule has 0 saturated heterocycles. The first-order valence-corrected chi connectivity index (χ1v) is 9.51. The Balaban J connectivity index is 1.45. The lowest BCUT2D eigenvalue weighted by Gasteiger charge is -2.25. The zero-order valence-corrected chi connectivity index (χ0v) is 15.1. The Morgan fingerprint density at radius 2 is 2.08 bits per heavy atom. The van der Waals surface area contributed by atoms with Gasteiger partial charge in [0.05, 0.1) is 18.3 Å². The van der Waals surface area contributed by atoms with Gasteiger partial charge in [0, 0.05) is 12.6 Å². The molecular formula is C17H26N8O. The third kappa shape index (κ3) is 3.48. The van der Waals surface area contributed by atoms with Gasteiger partial charge >= 0.3 is 0 Å². The Bertz CT molecular complexity index is 756. The molecule has 140 valence electrons. The highest BCUT2D eigenvalue weighted by molar-refractivity contribution is 5.92. The molecule has 2 aliphatic carbocycles. The maximum Gasteiger partial charge on any atom is 0.274 e. The largest absolute Gasteiger partial charge is 0.340 e. The lowest BCUT2D eigenvalue weighted by Crippen LogP contribution is -2.32. The second-order valence-electron chi connectivity index (χ2n) is 7.37. The summed E-state index contributed by atoms with van der Waals surface area (Å²) in [7, 11) is 0. The number of nitrogens with two attached hydrogens (primary N) is 1. The van der Waals surface area contributed by atoms with Gasteiger partial charge in [-0.2, -0.15) is 5.10 Å². The number of hydrogen-bond acceptors (Lipinski definition) is 6. The third-order valence-electron chi connectivity index (χ3n) is 5.46. The summed E-state index contributed by atoms with van der Waals surface area (Å²) in [6, 6.07) is 0.446. The summed E-state index contributed by atoms with van der Waals surface area (Å²) in [4.78, 5) is 17.1. The van der Waals surface area contributed by atoms with Crippen LogP contribution in [-0.4, -0.2) is 41.7 Å². The number of rotatable bonds is 6. The number of carbonyl (C=O) groups excluding carboxylic acids is 1. The molecule has 2 aromatic rings. The first kappa shape index (κ1) is 17.1. The summed E-state index contributed by atoms with van der Waals surface area (Å²) in [5.41, 5.74) is 6.32. The molecule has 2 aromatic heterocycles. The normalized spacial score (nSPS) is 24.4. The second kappa shape index (κ2) is 7.14. The summed E-state index contributed by atoms with van der Waals surface area (Å²) < 4.78 is 3.66. The van der Waals surface area contributed by atoms with Crippen molar-refractivity contribution in [2.45, 2.75) is 70.1 Å². The molecule has 0 bridgehead atoms. The molecule has 4 rings (SSSR count). The monoisotopic (exact) mass is 358 g/mol. The van der Waals surface area contributed by atoms with E-state index < -0.39 is 0 Å². The van der Waals surface area contributed by atoms with E-state index >= 15 is 0 Å². The Hall–Kier alpha value is -2.29. The van der Waals surface area contributed by atoms with E-state index in [1.165, 1.54) is 0 Å². The van der Waals surface area contributed by atoms with E-state index in [0.29, 0.717) is 11.6 Å². The summed E-state index contributed by atoms with van der Waals surface area (Å²) in [6.45, 7) is 2.75. The summed E-state index contributed by atoms with van der Waals surface area (Å²) >= 11 is 0. The number of nitrogens with one attached hydrogen (secondary N) is 1. The fourth-order valence-corrected chi connectivity index (χ4v) is 3.72. The van der Waals surface area contributed by atoms with E-state index in [1.54, 1.807) is 12.5 Å². The van der Waals surface area contributed by atoms with Crippen LogP contribution in [0.15, 0.2) is 12.5 Å². The highest BCUT2D eigenvalue weighted by Gasteiger charge is 2.37. The minimum Gasteiger partial charge on any atom is -0.340 e. The standard InChI is InChI=1S/C17H26N8O/c1-2-24-16(19-10-20-24)15(11-3-4-11)21-17(26)14-9-25(23-22-14)13-7-5-12(18)6-8-13/h9-13,15H,2-8,18H2,1H3,(H,21,26)/t12?,13?,15-/m1/s1. The van der Waals surface area contributed by atoms with Crippen LogP contribution in [0.2, 0.25) is 0 Å². The van der Waals surface area contributed by atoms with Crippen LogP contribution in [0.5, 0.6) is 0 Å². The summed E-state index contributed by atoms with van der Waals surface area (Å²) in [5.74, 6) is 1.03. The van der Waals surface area contributed by atoms with E-state index in [0.717, 1.165) is 50.9 Å². The van der Waals surface area contributed by atoms with Gasteiger partial charge in [0.15, 0.2) is 5.69 Å². The predicted molar refractivity (Wildman–Crippen MR) is 94.1 cm³/mol. The molecule has 2 aliphatic rings. The van der Waals surface area contributed by atoms with E-state index in [1.807, 2.05) is 16.3 Å². The molecule has 3 N–H and O–H groups in total. The van der Waals surface area contributed by atoms with E-state index in [4.69, 9.17) is 5.73 Å². The van der Waals surface area contributed by atoms with E-state index in [2.05, 4.69) is 25.7 Å². The lowest BCUT2D eigenvalue weighted by molar-refractivity contribution is 0.0923. The van der Waals surface area contributed by atoms with Crippen molar-refractivity contribution in [1.82, 2.24) is 35.1 Å². The number of aryl methyl sites for hydroxylation is 1. The minimum absolute atomic E-state index is 0.122. The molecule has 9 heteroatoms. The minimum atomic E-state index is -0.202. The zero-order chi connectivity index (χ0) is 18.1. The summed E-state index contributed by atoms with van der Waals surface area (Å²) in [6.07, 6.45) is 9.43. The van der Waals surface area contributed by atoms with Gasteiger partial charge in [-0.1, -0.05) is 5.21 Å². The third-order valence-corrected chi connectivity index (χ3v) is 5.46. The number of carbonyl (C=O) groups is 1. The van der Waals surface area contributed by atoms with Gasteiger partial charge in [-0.3, -0.25) is 4.79 Å². The average Bonchev–Trinajstić information content (AvgIpc) is 3.18. The van der Waals surface area contributed by atoms with Crippen molar-refractivity contribution in [3.8, 4) is 0 Å². The molecule has 1 atom stereocenters. The van der Waals surface area contributed by atoms with E-state index in [-0.39, 0.29) is 24.0 Å². The molecule has 2 heterocycles. The lowest BCUT2D eigenvalue weighted by atomic mass is 9.92. The van der Waals surface area contributed by atoms with Crippen LogP contribution in [0.1, 0.15) is 73.8 Å². The van der Waals surface area contributed by atoms with Gasteiger partial charge in [0.1, 0.15) is 12.2 Å². The molecule has 2 saturated carbocycles. The van der Waals surface area contributed by atoms with Crippen molar-refractivity contribution in [2.24, 2.45) is 11.7 Å². The predicted octanol–water partition coefficient (Wildman–Crippen LogP) is 1.21. The number of nitrogens with zero attached hydrogens (tertiary/aromatic N) is 6. The quantitative estimate of drug-likeness (QED) is 0.802. The average molecular weight is 358 g/mol. The molecule has 0 unspecified atom stereocenters. The Morgan fingerprint density at radius 1 is 1.31 bits per heavy atom. The second-order valence-corrected chi connectivity index (χ2v) is 7.37. The highest BCUT2D eigenvalue weighted by atomic mass is 16.2. The van der Waals surface area contributed by atoms with Crippen molar-refractivity contribution >= 4 is 5.91 Å². The van der Waals surface area contributed by atoms with Crippen LogP contribution >= 0.6 is 0 Å². The number of amides is 1. The molecule has 0 radical (unpaired) electrons. The van der Waals surface area contributed by atoms with Crippen LogP contribution < -0.4 is 11.1 Å². The maximum atomic E-state index is 12.7. The number of hydrogen-bond donors (Lipinski definition) is 2. The van der Waals surface area contributed by atoms with Crippen LogP contribution in [0.25, 0.3) is 0 Å². The van der Waals surface area contributed by atoms with E-state index in [9.17, 15) is 4.79 Å². The molecule has 0 aromatic carbocycles. The van der Waals surface area contributed by atoms with Crippen molar-refractivity contribution < 1.29 is 4.79 Å². The van der Waals surface area contributed by atoms with Crippen molar-refractivity contribution in [3.63, 3.8) is 0 Å². The molecule has 0 spiro atoms. The topological polar surface area (TPSA) is 117 Å². The molecule has 2 fully saturated rings. The zero-order valence-electron chi connectivity index (χ0n) is 15.1. The van der Waals surface area contributed by atoms with Gasteiger partial charge in [0.2, 0.25) is 0 Å². The van der Waals surface area contributed by atoms with Gasteiger partial charge in [0.25, 0.3) is 5.91 Å². The molecule has 9 nitrogen and oxygen atoms in total. The Labute approximate surface area is 152 Å². The smallest absolute Gasteiger partial charge is 0.274 e. The van der Waals surface area contributed by atoms with Crippen molar-refractivity contribution in [2.75, 3.05) is 0 Å². The fourth-order valence-electron chi connectivity index (χ4n) is 3.72. The first-order valence-electron chi connectivity index (χ1n) is 9.51. The SMILES string of the molecule is CCn1ncnc1[C@H](NC(=O)c1cn(C2CCC(N)CC2)nn1)C1CC1. The Kier molecular flexibility index (Phi) is 4.71. The van der Waals surface area contributed by atoms with Gasteiger partial charge in [-0.05, 0) is 51.4 Å². The summed E-state index contributed by atoms with van der Waals surface area (Å²) in [5, 5.41) is 15.6. The van der Waals surface area contributed by atoms with Gasteiger partial charge in [-0.25, -0.2) is 14.3 Å². The van der Waals surface area contributed by atoms with Crippen LogP contribution in [0, 0.1) is 5.92 Å². The fraction of sp³-hybridized carbons (Fsp3) is 0.706. The highest BCUT2D eigenvalue weighted by Crippen LogP contribution is 2.40. The number of aromatic nitrogens is 6. The first-order chi connectivity index (χ1) is 12.7. The molecule has 26 heavy (non-hydrogen) atoms. The van der Waals surface area contributed by atoms with Crippen molar-refractivity contribution in [3.05, 3.63) is 24.0 Å². The molecule has 0 aliphatic heterocycles. The molecular weight excluding hydrogens is 332 g/mol.